The molecule has 1 aromatic rings. The van der Waals surface area contributed by atoms with Gasteiger partial charge in [-0.2, -0.15) is 0 Å². The third-order valence-electron chi connectivity index (χ3n) is 2.81. The number of benzene rings is 1. The molecule has 0 saturated heterocycles. The second-order valence-electron chi connectivity index (χ2n) is 3.85. The number of aliphatic hydroxyl groups excluding tert-OH is 1. The van der Waals surface area contributed by atoms with Crippen molar-refractivity contribution in [2.45, 2.75) is 18.9 Å². The van der Waals surface area contributed by atoms with Crippen LogP contribution in [0.1, 0.15) is 23.7 Å². The van der Waals surface area contributed by atoms with Gasteiger partial charge in [0.2, 0.25) is 5.91 Å². The number of nitrogens with one attached hydrogen (secondary N) is 1. The Bertz CT molecular complexity index is 470. The summed E-state index contributed by atoms with van der Waals surface area (Å²) in [6.07, 6.45) is -0.423. The van der Waals surface area contributed by atoms with Gasteiger partial charge in [0.15, 0.2) is 6.10 Å². The average molecular weight is 235 g/mol. The smallest absolute Gasteiger partial charge is 0.339 e. The Labute approximate surface area is 98.4 Å². The van der Waals surface area contributed by atoms with Crippen LogP contribution in [0.2, 0.25) is 0 Å². The summed E-state index contributed by atoms with van der Waals surface area (Å²) in [5, 5.41) is 12.5. The summed E-state index contributed by atoms with van der Waals surface area (Å²) in [6, 6.07) is 5.10. The molecule has 0 spiro atoms. The number of anilines is 1. The van der Waals surface area contributed by atoms with E-state index in [9.17, 15) is 14.7 Å². The van der Waals surface area contributed by atoms with Crippen molar-refractivity contribution in [3.05, 3.63) is 29.3 Å². The molecule has 0 aliphatic carbocycles. The zero-order valence-electron chi connectivity index (χ0n) is 9.40. The normalized spacial score (nSPS) is 15.8. The number of hydrogen-bond donors (Lipinski definition) is 2. The number of amides is 1. The van der Waals surface area contributed by atoms with Crippen molar-refractivity contribution < 1.29 is 19.4 Å². The summed E-state index contributed by atoms with van der Waals surface area (Å²) in [5.74, 6) is -0.752. The van der Waals surface area contributed by atoms with E-state index < -0.39 is 12.1 Å². The lowest BCUT2D eigenvalue weighted by Crippen LogP contribution is -2.22. The molecule has 0 radical (unpaired) electrons. The third-order valence-corrected chi connectivity index (χ3v) is 2.81. The number of rotatable bonds is 2. The van der Waals surface area contributed by atoms with Crippen LogP contribution in [0.5, 0.6) is 0 Å². The van der Waals surface area contributed by atoms with Gasteiger partial charge < -0.3 is 15.2 Å². The Kier molecular flexibility index (Phi) is 3.10. The zero-order chi connectivity index (χ0) is 12.4. The number of carbonyl (C=O) groups excluding carboxylic acids is 2. The highest BCUT2D eigenvalue weighted by atomic mass is 16.5. The largest absolute Gasteiger partial charge is 0.467 e. The quantitative estimate of drug-likeness (QED) is 0.743. The molecule has 1 amide bonds. The van der Waals surface area contributed by atoms with Gasteiger partial charge in [-0.3, -0.25) is 4.79 Å². The molecule has 17 heavy (non-hydrogen) atoms. The van der Waals surface area contributed by atoms with Gasteiger partial charge in [0.25, 0.3) is 0 Å². The summed E-state index contributed by atoms with van der Waals surface area (Å²) in [6.45, 7) is 0. The number of esters is 1. The zero-order valence-corrected chi connectivity index (χ0v) is 9.40. The Morgan fingerprint density at radius 3 is 2.94 bits per heavy atom. The van der Waals surface area contributed by atoms with Gasteiger partial charge in [-0.25, -0.2) is 4.79 Å². The molecule has 2 N–H and O–H groups in total. The van der Waals surface area contributed by atoms with Crippen LogP contribution in [0.3, 0.4) is 0 Å². The van der Waals surface area contributed by atoms with Crippen LogP contribution in [0, 0.1) is 0 Å². The average Bonchev–Trinajstić information content (AvgIpc) is 2.35. The molecule has 2 rings (SSSR count). The molecule has 1 atom stereocenters. The lowest BCUT2D eigenvalue weighted by Gasteiger charge is -2.21. The van der Waals surface area contributed by atoms with Crippen LogP contribution in [-0.2, 0) is 20.7 Å². The van der Waals surface area contributed by atoms with Crippen molar-refractivity contribution in [2.24, 2.45) is 0 Å². The van der Waals surface area contributed by atoms with E-state index in [0.29, 0.717) is 24.1 Å². The lowest BCUT2D eigenvalue weighted by atomic mass is 9.94. The molecule has 0 aromatic heterocycles. The van der Waals surface area contributed by atoms with Crippen molar-refractivity contribution in [3.63, 3.8) is 0 Å². The highest BCUT2D eigenvalue weighted by molar-refractivity contribution is 5.94. The first kappa shape index (κ1) is 11.6. The van der Waals surface area contributed by atoms with Crippen LogP contribution in [0.15, 0.2) is 18.2 Å². The number of carbonyl (C=O) groups is 2. The van der Waals surface area contributed by atoms with Crippen LogP contribution < -0.4 is 5.32 Å². The molecule has 0 saturated carbocycles. The number of hydrogen-bond acceptors (Lipinski definition) is 4. The minimum absolute atomic E-state index is 0.0535. The summed E-state index contributed by atoms with van der Waals surface area (Å²) in [4.78, 5) is 22.5. The minimum Gasteiger partial charge on any atom is -0.467 e. The standard InChI is InChI=1S/C12H13NO4/c1-17-12(16)11(15)8-3-2-4-9-7(8)5-6-10(14)13-9/h2-4,11,15H,5-6H2,1H3,(H,13,14). The van der Waals surface area contributed by atoms with Gasteiger partial charge in [-0.1, -0.05) is 12.1 Å². The van der Waals surface area contributed by atoms with E-state index in [-0.39, 0.29) is 5.91 Å². The third kappa shape index (κ3) is 2.14. The lowest BCUT2D eigenvalue weighted by molar-refractivity contribution is -0.150. The first-order valence-corrected chi connectivity index (χ1v) is 5.31. The van der Waals surface area contributed by atoms with E-state index in [0.717, 1.165) is 5.56 Å². The predicted molar refractivity (Wildman–Crippen MR) is 60.4 cm³/mol. The van der Waals surface area contributed by atoms with E-state index in [4.69, 9.17) is 0 Å². The molecule has 5 nitrogen and oxygen atoms in total. The van der Waals surface area contributed by atoms with Crippen molar-refractivity contribution >= 4 is 17.6 Å². The van der Waals surface area contributed by atoms with Crippen LogP contribution >= 0.6 is 0 Å². The maximum atomic E-state index is 11.3. The van der Waals surface area contributed by atoms with Gasteiger partial charge in [0, 0.05) is 12.1 Å². The van der Waals surface area contributed by atoms with E-state index >= 15 is 0 Å². The van der Waals surface area contributed by atoms with Crippen LogP contribution in [0.4, 0.5) is 5.69 Å². The summed E-state index contributed by atoms with van der Waals surface area (Å²) >= 11 is 0. The fourth-order valence-corrected chi connectivity index (χ4v) is 1.95. The first-order valence-electron chi connectivity index (χ1n) is 5.31. The molecule has 1 aliphatic rings. The van der Waals surface area contributed by atoms with E-state index in [1.165, 1.54) is 7.11 Å². The number of fused-ring (bicyclic) bond motifs is 1. The highest BCUT2D eigenvalue weighted by Crippen LogP contribution is 2.30. The first-order chi connectivity index (χ1) is 8.13. The van der Waals surface area contributed by atoms with Gasteiger partial charge in [0.05, 0.1) is 7.11 Å². The molecular weight excluding hydrogens is 222 g/mol. The van der Waals surface area contributed by atoms with Crippen LogP contribution in [0.25, 0.3) is 0 Å². The molecule has 1 heterocycles. The topological polar surface area (TPSA) is 75.6 Å². The van der Waals surface area contributed by atoms with Crippen LogP contribution in [-0.4, -0.2) is 24.1 Å². The molecule has 90 valence electrons. The summed E-state index contributed by atoms with van der Waals surface area (Å²) < 4.78 is 4.50. The molecule has 1 unspecified atom stereocenters. The van der Waals surface area contributed by atoms with E-state index in [1.807, 2.05) is 0 Å². The Hall–Kier alpha value is -1.88. The monoisotopic (exact) mass is 235 g/mol. The van der Waals surface area contributed by atoms with Gasteiger partial charge in [-0.15, -0.1) is 0 Å². The fraction of sp³-hybridized carbons (Fsp3) is 0.333. The number of aliphatic hydroxyl groups is 1. The van der Waals surface area contributed by atoms with Gasteiger partial charge >= 0.3 is 5.97 Å². The molecule has 0 fully saturated rings. The Morgan fingerprint density at radius 2 is 2.24 bits per heavy atom. The Morgan fingerprint density at radius 1 is 1.47 bits per heavy atom. The maximum absolute atomic E-state index is 11.3. The summed E-state index contributed by atoms with van der Waals surface area (Å²) in [7, 11) is 1.22. The van der Waals surface area contributed by atoms with Gasteiger partial charge in [-0.05, 0) is 23.6 Å². The molecule has 1 aliphatic heterocycles. The number of methoxy groups -OCH3 is 1. The Balaban J connectivity index is 2.39. The molecule has 5 heteroatoms. The summed E-state index contributed by atoms with van der Waals surface area (Å²) in [5.41, 5.74) is 1.95. The minimum atomic E-state index is -1.30. The van der Waals surface area contributed by atoms with E-state index in [1.54, 1.807) is 18.2 Å². The van der Waals surface area contributed by atoms with Crippen molar-refractivity contribution in [1.29, 1.82) is 0 Å². The van der Waals surface area contributed by atoms with Crippen molar-refractivity contribution in [1.82, 2.24) is 0 Å². The second-order valence-corrected chi connectivity index (χ2v) is 3.85. The predicted octanol–water partition coefficient (Wildman–Crippen LogP) is 0.778. The maximum Gasteiger partial charge on any atom is 0.339 e. The fourth-order valence-electron chi connectivity index (χ4n) is 1.95. The van der Waals surface area contributed by atoms with Crippen molar-refractivity contribution in [3.8, 4) is 0 Å². The van der Waals surface area contributed by atoms with Crippen molar-refractivity contribution in [2.75, 3.05) is 12.4 Å². The highest BCUT2D eigenvalue weighted by Gasteiger charge is 2.25. The van der Waals surface area contributed by atoms with Gasteiger partial charge in [0.1, 0.15) is 0 Å². The van der Waals surface area contributed by atoms with E-state index in [2.05, 4.69) is 10.1 Å². The molecule has 1 aromatic carbocycles. The molecular formula is C12H13NO4. The SMILES string of the molecule is COC(=O)C(O)c1cccc2c1CCC(=O)N2. The number of ether oxygens (including phenoxy) is 1. The molecule has 0 bridgehead atoms. The second kappa shape index (κ2) is 4.55.